The van der Waals surface area contributed by atoms with Gasteiger partial charge in [-0.3, -0.25) is 0 Å². The third kappa shape index (κ3) is 3.45. The molecule has 0 heterocycles. The van der Waals surface area contributed by atoms with Crippen LogP contribution >= 0.6 is 0 Å². The number of aryl methyl sites for hydroxylation is 1. The van der Waals surface area contributed by atoms with E-state index in [9.17, 15) is 0 Å². The Balaban J connectivity index is 1.77. The van der Waals surface area contributed by atoms with Gasteiger partial charge in [0.15, 0.2) is 0 Å². The van der Waals surface area contributed by atoms with Gasteiger partial charge in [-0.2, -0.15) is 0 Å². The fourth-order valence-electron chi connectivity index (χ4n) is 2.59. The van der Waals surface area contributed by atoms with Gasteiger partial charge in [-0.05, 0) is 55.1 Å². The second-order valence-electron chi connectivity index (χ2n) is 5.70. The Hall–Kier alpha value is -1.80. The molecule has 2 nitrogen and oxygen atoms in total. The molecule has 3 rings (SSSR count). The summed E-state index contributed by atoms with van der Waals surface area (Å²) in [4.78, 5) is 0. The largest absolute Gasteiger partial charge is 0.490 e. The summed E-state index contributed by atoms with van der Waals surface area (Å²) in [6.45, 7) is 2.18. The smallest absolute Gasteiger partial charge is 0.119 e. The lowest BCUT2D eigenvalue weighted by Gasteiger charge is -2.18. The zero-order valence-electron chi connectivity index (χ0n) is 12.8. The van der Waals surface area contributed by atoms with Crippen LogP contribution in [-0.4, -0.2) is 13.2 Å². The van der Waals surface area contributed by atoms with Crippen molar-refractivity contribution in [3.63, 3.8) is 0 Å². The maximum Gasteiger partial charge on any atom is 0.119 e. The summed E-state index contributed by atoms with van der Waals surface area (Å²) in [5, 5.41) is 3.40. The lowest BCUT2D eigenvalue weighted by molar-refractivity contribution is 0.303. The molecule has 0 radical (unpaired) electrons. The number of rotatable bonds is 6. The highest BCUT2D eigenvalue weighted by Crippen LogP contribution is 2.29. The first kappa shape index (κ1) is 14.2. The fraction of sp³-hybridized carbons (Fsp3) is 0.368. The predicted octanol–water partition coefficient (Wildman–Crippen LogP) is 4.10. The Bertz CT molecular complexity index is 570. The monoisotopic (exact) mass is 281 g/mol. The van der Waals surface area contributed by atoms with Gasteiger partial charge in [-0.25, -0.2) is 0 Å². The summed E-state index contributed by atoms with van der Waals surface area (Å²) in [7, 11) is 2.01. The van der Waals surface area contributed by atoms with Crippen LogP contribution in [0.2, 0.25) is 0 Å². The van der Waals surface area contributed by atoms with E-state index in [0.717, 1.165) is 12.2 Å². The molecule has 0 amide bonds. The summed E-state index contributed by atoms with van der Waals surface area (Å²) >= 11 is 0. The van der Waals surface area contributed by atoms with Crippen molar-refractivity contribution in [2.24, 2.45) is 0 Å². The van der Waals surface area contributed by atoms with Crippen LogP contribution in [0.4, 0.5) is 0 Å². The van der Waals surface area contributed by atoms with E-state index in [-0.39, 0.29) is 6.04 Å². The van der Waals surface area contributed by atoms with Crippen molar-refractivity contribution in [2.45, 2.75) is 38.3 Å². The number of hydrogen-bond donors (Lipinski definition) is 1. The van der Waals surface area contributed by atoms with Gasteiger partial charge in [-0.15, -0.1) is 0 Å². The van der Waals surface area contributed by atoms with Crippen LogP contribution in [0.25, 0.3) is 0 Å². The van der Waals surface area contributed by atoms with E-state index in [1.165, 1.54) is 29.5 Å². The van der Waals surface area contributed by atoms with Crippen LogP contribution in [-0.2, 0) is 6.42 Å². The zero-order chi connectivity index (χ0) is 14.7. The molecule has 110 valence electrons. The molecule has 2 aromatic rings. The van der Waals surface area contributed by atoms with Crippen LogP contribution in [0.3, 0.4) is 0 Å². The van der Waals surface area contributed by atoms with Crippen molar-refractivity contribution in [3.05, 3.63) is 65.2 Å². The maximum absolute atomic E-state index is 5.81. The first-order valence-corrected chi connectivity index (χ1v) is 7.83. The molecule has 2 heteroatoms. The van der Waals surface area contributed by atoms with E-state index in [4.69, 9.17) is 4.74 Å². The van der Waals surface area contributed by atoms with E-state index in [2.05, 4.69) is 60.8 Å². The first-order chi connectivity index (χ1) is 10.3. The van der Waals surface area contributed by atoms with Gasteiger partial charge in [0.1, 0.15) is 5.75 Å². The molecule has 0 spiro atoms. The molecule has 1 aliphatic rings. The van der Waals surface area contributed by atoms with E-state index < -0.39 is 0 Å². The zero-order valence-corrected chi connectivity index (χ0v) is 12.8. The number of ether oxygens (including phenoxy) is 1. The van der Waals surface area contributed by atoms with Crippen LogP contribution in [0.15, 0.2) is 48.5 Å². The van der Waals surface area contributed by atoms with Crippen molar-refractivity contribution in [1.82, 2.24) is 5.32 Å². The molecule has 1 N–H and O–H groups in total. The maximum atomic E-state index is 5.81. The van der Waals surface area contributed by atoms with Gasteiger partial charge in [0.05, 0.1) is 12.1 Å². The molecule has 1 fully saturated rings. The summed E-state index contributed by atoms with van der Waals surface area (Å²) in [5.74, 6) is 0.984. The SMILES string of the molecule is CCc1ccc(C(NC)c2ccc(OC3CC3)cc2)cc1. The van der Waals surface area contributed by atoms with E-state index in [1.807, 2.05) is 7.05 Å². The normalized spacial score (nSPS) is 15.7. The minimum absolute atomic E-state index is 0.228. The third-order valence-corrected chi connectivity index (χ3v) is 4.05. The van der Waals surface area contributed by atoms with Gasteiger partial charge in [0.25, 0.3) is 0 Å². The molecule has 0 bridgehead atoms. The Labute approximate surface area is 127 Å². The fourth-order valence-corrected chi connectivity index (χ4v) is 2.59. The quantitative estimate of drug-likeness (QED) is 0.860. The second kappa shape index (κ2) is 6.31. The minimum Gasteiger partial charge on any atom is -0.490 e. The summed E-state index contributed by atoms with van der Waals surface area (Å²) in [5.41, 5.74) is 3.94. The van der Waals surface area contributed by atoms with Crippen LogP contribution < -0.4 is 10.1 Å². The molecule has 0 aliphatic heterocycles. The van der Waals surface area contributed by atoms with Gasteiger partial charge >= 0.3 is 0 Å². The topological polar surface area (TPSA) is 21.3 Å². The average Bonchev–Trinajstić information content (AvgIpc) is 3.34. The van der Waals surface area contributed by atoms with Crippen LogP contribution in [0, 0.1) is 0 Å². The van der Waals surface area contributed by atoms with Crippen molar-refractivity contribution < 1.29 is 4.74 Å². The van der Waals surface area contributed by atoms with Crippen molar-refractivity contribution in [3.8, 4) is 5.75 Å². The van der Waals surface area contributed by atoms with Crippen LogP contribution in [0.1, 0.15) is 42.5 Å². The Kier molecular flexibility index (Phi) is 4.26. The predicted molar refractivity (Wildman–Crippen MR) is 86.8 cm³/mol. The third-order valence-electron chi connectivity index (χ3n) is 4.05. The molecular weight excluding hydrogens is 258 g/mol. The van der Waals surface area contributed by atoms with Crippen molar-refractivity contribution >= 4 is 0 Å². The van der Waals surface area contributed by atoms with Crippen LogP contribution in [0.5, 0.6) is 5.75 Å². The Morgan fingerprint density at radius 1 is 1.00 bits per heavy atom. The number of hydrogen-bond acceptors (Lipinski definition) is 2. The Morgan fingerprint density at radius 2 is 1.57 bits per heavy atom. The lowest BCUT2D eigenvalue weighted by atomic mass is 9.97. The van der Waals surface area contributed by atoms with Gasteiger partial charge in [0.2, 0.25) is 0 Å². The minimum atomic E-state index is 0.228. The average molecular weight is 281 g/mol. The summed E-state index contributed by atoms with van der Waals surface area (Å²) in [6, 6.07) is 17.6. The highest BCUT2D eigenvalue weighted by atomic mass is 16.5. The van der Waals surface area contributed by atoms with Gasteiger partial charge < -0.3 is 10.1 Å². The van der Waals surface area contributed by atoms with E-state index >= 15 is 0 Å². The molecule has 1 atom stereocenters. The summed E-state index contributed by atoms with van der Waals surface area (Å²) < 4.78 is 5.81. The first-order valence-electron chi connectivity index (χ1n) is 7.83. The molecule has 1 saturated carbocycles. The molecule has 2 aromatic carbocycles. The highest BCUT2D eigenvalue weighted by molar-refractivity contribution is 5.36. The molecule has 0 saturated heterocycles. The molecule has 1 unspecified atom stereocenters. The lowest BCUT2D eigenvalue weighted by Crippen LogP contribution is -2.17. The van der Waals surface area contributed by atoms with Crippen molar-refractivity contribution in [2.75, 3.05) is 7.05 Å². The van der Waals surface area contributed by atoms with Gasteiger partial charge in [0, 0.05) is 0 Å². The standard InChI is InChI=1S/C19H23NO/c1-3-14-4-6-15(7-5-14)19(20-2)16-8-10-17(11-9-16)21-18-12-13-18/h4-11,18-20H,3,12-13H2,1-2H3. The molecular formula is C19H23NO. The molecule has 1 aliphatic carbocycles. The molecule has 21 heavy (non-hydrogen) atoms. The van der Waals surface area contributed by atoms with Crippen molar-refractivity contribution in [1.29, 1.82) is 0 Å². The van der Waals surface area contributed by atoms with E-state index in [1.54, 1.807) is 0 Å². The highest BCUT2D eigenvalue weighted by Gasteiger charge is 2.23. The van der Waals surface area contributed by atoms with Gasteiger partial charge in [-0.1, -0.05) is 43.3 Å². The Morgan fingerprint density at radius 3 is 2.05 bits per heavy atom. The van der Waals surface area contributed by atoms with E-state index in [0.29, 0.717) is 6.10 Å². The second-order valence-corrected chi connectivity index (χ2v) is 5.70. The number of nitrogens with one attached hydrogen (secondary N) is 1. The molecule has 0 aromatic heterocycles. The number of benzene rings is 2. The summed E-state index contributed by atoms with van der Waals surface area (Å²) in [6.07, 6.45) is 3.94.